The summed E-state index contributed by atoms with van der Waals surface area (Å²) in [5, 5.41) is 6.74. The van der Waals surface area contributed by atoms with E-state index in [1.165, 1.54) is 12.1 Å². The molecule has 1 saturated heterocycles. The van der Waals surface area contributed by atoms with Gasteiger partial charge >= 0.3 is 0 Å². The Labute approximate surface area is 205 Å². The molecule has 0 aliphatic carbocycles. The van der Waals surface area contributed by atoms with E-state index >= 15 is 0 Å². The number of nitrogens with one attached hydrogen (secondary N) is 2. The van der Waals surface area contributed by atoms with Crippen LogP contribution in [0.4, 0.5) is 10.3 Å². The first-order chi connectivity index (χ1) is 14.7. The Balaban J connectivity index is 0.00000341. The molecule has 1 aliphatic rings. The summed E-state index contributed by atoms with van der Waals surface area (Å²) in [4.78, 5) is 18.7. The fourth-order valence-electron chi connectivity index (χ4n) is 3.18. The molecule has 0 atom stereocenters. The Hall–Kier alpha value is -1.66. The summed E-state index contributed by atoms with van der Waals surface area (Å²) in [6, 6.07) is 8.49. The maximum Gasteiger partial charge on any atom is 0.225 e. The molecule has 2 N–H and O–H groups in total. The summed E-state index contributed by atoms with van der Waals surface area (Å²) in [6.07, 6.45) is 4.59. The first-order valence-electron chi connectivity index (χ1n) is 10.3. The summed E-state index contributed by atoms with van der Waals surface area (Å²) in [7, 11) is 1.79. The van der Waals surface area contributed by atoms with Crippen LogP contribution in [0.2, 0.25) is 0 Å². The van der Waals surface area contributed by atoms with Crippen LogP contribution >= 0.6 is 35.7 Å². The van der Waals surface area contributed by atoms with Gasteiger partial charge in [0.2, 0.25) is 5.95 Å². The second-order valence-corrected chi connectivity index (χ2v) is 8.13. The van der Waals surface area contributed by atoms with E-state index in [9.17, 15) is 4.39 Å². The Bertz CT molecular complexity index is 771. The van der Waals surface area contributed by atoms with E-state index < -0.39 is 0 Å². The molecule has 0 radical (unpaired) electrons. The molecule has 1 fully saturated rings. The molecular weight excluding hydrogens is 528 g/mol. The molecule has 1 aromatic heterocycles. The topological polar surface area (TPSA) is 68.7 Å². The van der Waals surface area contributed by atoms with Crippen molar-refractivity contribution in [1.82, 2.24) is 25.5 Å². The van der Waals surface area contributed by atoms with Crippen molar-refractivity contribution in [3.63, 3.8) is 0 Å². The van der Waals surface area contributed by atoms with E-state index in [2.05, 4.69) is 35.4 Å². The van der Waals surface area contributed by atoms with Crippen molar-refractivity contribution in [3.05, 3.63) is 48.5 Å². The van der Waals surface area contributed by atoms with Gasteiger partial charge in [-0.25, -0.2) is 14.4 Å². The van der Waals surface area contributed by atoms with Crippen LogP contribution in [-0.4, -0.2) is 79.4 Å². The molecule has 10 heteroatoms. The first kappa shape index (κ1) is 25.6. The monoisotopic (exact) mass is 559 g/mol. The lowest BCUT2D eigenvalue weighted by Crippen LogP contribution is -2.49. The van der Waals surface area contributed by atoms with Crippen LogP contribution in [0.25, 0.3) is 0 Å². The summed E-state index contributed by atoms with van der Waals surface area (Å²) in [6.45, 7) is 6.59. The molecular formula is C21H31FIN7S. The molecule has 1 aromatic carbocycles. The zero-order valence-electron chi connectivity index (χ0n) is 17.8. The number of benzene rings is 1. The molecule has 0 saturated carbocycles. The van der Waals surface area contributed by atoms with Crippen molar-refractivity contribution in [2.75, 3.05) is 63.5 Å². The Morgan fingerprint density at radius 2 is 1.74 bits per heavy atom. The van der Waals surface area contributed by atoms with Crippen molar-refractivity contribution in [3.8, 4) is 0 Å². The van der Waals surface area contributed by atoms with E-state index in [4.69, 9.17) is 0 Å². The van der Waals surface area contributed by atoms with Gasteiger partial charge in [0.15, 0.2) is 5.96 Å². The molecule has 0 unspecified atom stereocenters. The number of halogens is 2. The highest BCUT2D eigenvalue weighted by Gasteiger charge is 2.18. The quantitative estimate of drug-likeness (QED) is 0.161. The number of hydrogen-bond acceptors (Lipinski definition) is 6. The summed E-state index contributed by atoms with van der Waals surface area (Å²) in [5.41, 5.74) is 0. The van der Waals surface area contributed by atoms with Gasteiger partial charge in [0.25, 0.3) is 0 Å². The number of anilines is 1. The average molecular weight is 559 g/mol. The predicted octanol–water partition coefficient (Wildman–Crippen LogP) is 2.70. The lowest BCUT2D eigenvalue weighted by Gasteiger charge is -2.34. The molecule has 0 spiro atoms. The second-order valence-electron chi connectivity index (χ2n) is 6.96. The van der Waals surface area contributed by atoms with Crippen LogP contribution in [0.1, 0.15) is 6.42 Å². The largest absolute Gasteiger partial charge is 0.356 e. The highest BCUT2D eigenvalue weighted by molar-refractivity contribution is 14.0. The zero-order valence-corrected chi connectivity index (χ0v) is 21.0. The maximum absolute atomic E-state index is 12.9. The Morgan fingerprint density at radius 3 is 2.42 bits per heavy atom. The van der Waals surface area contributed by atoms with Gasteiger partial charge in [-0.1, -0.05) is 0 Å². The Morgan fingerprint density at radius 1 is 1.06 bits per heavy atom. The number of guanidine groups is 1. The highest BCUT2D eigenvalue weighted by Crippen LogP contribution is 2.18. The second kappa shape index (κ2) is 14.4. The fourth-order valence-corrected chi connectivity index (χ4v) is 4.03. The van der Waals surface area contributed by atoms with Crippen molar-refractivity contribution in [2.24, 2.45) is 4.99 Å². The molecule has 3 rings (SSSR count). The fraction of sp³-hybridized carbons (Fsp3) is 0.476. The third-order valence-corrected chi connectivity index (χ3v) is 5.95. The summed E-state index contributed by atoms with van der Waals surface area (Å²) >= 11 is 1.74. The molecule has 2 aromatic rings. The van der Waals surface area contributed by atoms with Gasteiger partial charge in [-0.15, -0.1) is 35.7 Å². The third-order valence-electron chi connectivity index (χ3n) is 4.85. The molecule has 1 aliphatic heterocycles. The van der Waals surface area contributed by atoms with Crippen molar-refractivity contribution >= 4 is 47.6 Å². The number of thioether (sulfide) groups is 1. The van der Waals surface area contributed by atoms with Crippen LogP contribution in [0.15, 0.2) is 52.6 Å². The van der Waals surface area contributed by atoms with Gasteiger partial charge in [-0.2, -0.15) is 0 Å². The Kier molecular flexibility index (Phi) is 11.9. The van der Waals surface area contributed by atoms with Crippen LogP contribution < -0.4 is 15.5 Å². The lowest BCUT2D eigenvalue weighted by atomic mass is 10.3. The van der Waals surface area contributed by atoms with Gasteiger partial charge in [-0.3, -0.25) is 9.89 Å². The molecule has 0 amide bonds. The number of rotatable bonds is 9. The van der Waals surface area contributed by atoms with E-state index in [1.807, 2.05) is 18.2 Å². The van der Waals surface area contributed by atoms with E-state index in [-0.39, 0.29) is 29.8 Å². The lowest BCUT2D eigenvalue weighted by molar-refractivity contribution is 0.260. The van der Waals surface area contributed by atoms with Gasteiger partial charge in [0, 0.05) is 70.2 Å². The maximum atomic E-state index is 12.9. The molecule has 2 heterocycles. The van der Waals surface area contributed by atoms with E-state index in [0.717, 1.165) is 74.8 Å². The number of aliphatic imine (C=N–C) groups is 1. The normalized spacial score (nSPS) is 14.8. The van der Waals surface area contributed by atoms with Gasteiger partial charge in [-0.05, 0) is 42.5 Å². The number of nitrogens with zero attached hydrogens (tertiary/aromatic N) is 5. The smallest absolute Gasteiger partial charge is 0.225 e. The van der Waals surface area contributed by atoms with Crippen molar-refractivity contribution in [1.29, 1.82) is 0 Å². The first-order valence-corrected chi connectivity index (χ1v) is 11.3. The minimum atomic E-state index is -0.192. The zero-order chi connectivity index (χ0) is 21.0. The molecule has 0 bridgehead atoms. The number of hydrogen-bond donors (Lipinski definition) is 2. The average Bonchev–Trinajstić information content (AvgIpc) is 2.80. The van der Waals surface area contributed by atoms with Crippen LogP contribution in [-0.2, 0) is 0 Å². The number of aromatic nitrogens is 2. The molecule has 7 nitrogen and oxygen atoms in total. The predicted molar refractivity (Wildman–Crippen MR) is 137 cm³/mol. The standard InChI is InChI=1S/C21H30FN7S.HI/c1-23-20(24-10-3-17-30-19-6-4-18(22)5-7-19)25-11-12-28-13-15-29(16-14-28)21-26-8-2-9-27-21;/h2,4-9H,3,10-17H2,1H3,(H2,23,24,25);1H. The van der Waals surface area contributed by atoms with E-state index in [1.54, 1.807) is 31.2 Å². The van der Waals surface area contributed by atoms with Crippen LogP contribution in [0, 0.1) is 5.82 Å². The minimum Gasteiger partial charge on any atom is -0.356 e. The molecule has 170 valence electrons. The van der Waals surface area contributed by atoms with Crippen LogP contribution in [0.3, 0.4) is 0 Å². The third kappa shape index (κ3) is 9.16. The van der Waals surface area contributed by atoms with Crippen molar-refractivity contribution in [2.45, 2.75) is 11.3 Å². The number of piperazine rings is 1. The summed E-state index contributed by atoms with van der Waals surface area (Å²) < 4.78 is 12.9. The van der Waals surface area contributed by atoms with Crippen LogP contribution in [0.5, 0.6) is 0 Å². The van der Waals surface area contributed by atoms with E-state index in [0.29, 0.717) is 0 Å². The minimum absolute atomic E-state index is 0. The van der Waals surface area contributed by atoms with Crippen molar-refractivity contribution < 1.29 is 4.39 Å². The summed E-state index contributed by atoms with van der Waals surface area (Å²) in [5.74, 6) is 2.43. The van der Waals surface area contributed by atoms with Gasteiger partial charge in [0.1, 0.15) is 5.82 Å². The molecule has 31 heavy (non-hydrogen) atoms. The SMILES string of the molecule is CN=C(NCCCSc1ccc(F)cc1)NCCN1CCN(c2ncccn2)CC1.I. The van der Waals surface area contributed by atoms with Gasteiger partial charge < -0.3 is 15.5 Å². The van der Waals surface area contributed by atoms with Gasteiger partial charge in [0.05, 0.1) is 0 Å². The highest BCUT2D eigenvalue weighted by atomic mass is 127.